The number of nitrogens with one attached hydrogen (secondary N) is 1. The Kier molecular flexibility index (Phi) is 6.87. The second-order valence-corrected chi connectivity index (χ2v) is 5.90. The van der Waals surface area contributed by atoms with E-state index in [4.69, 9.17) is 21.1 Å². The molecule has 1 aliphatic heterocycles. The van der Waals surface area contributed by atoms with Crippen LogP contribution in [0.5, 0.6) is 0 Å². The minimum Gasteiger partial charge on any atom is -0.462 e. The highest BCUT2D eigenvalue weighted by Gasteiger charge is 2.29. The van der Waals surface area contributed by atoms with Gasteiger partial charge in [0.25, 0.3) is 0 Å². The molecule has 0 spiro atoms. The van der Waals surface area contributed by atoms with Crippen molar-refractivity contribution in [2.75, 3.05) is 31.7 Å². The average molecular weight is 355 g/mol. The van der Waals surface area contributed by atoms with Crippen LogP contribution in [-0.4, -0.2) is 49.3 Å². The third-order valence-electron chi connectivity index (χ3n) is 3.87. The SMILES string of the molecule is CCOCC1CCCN1C(=O)Nc1ccc(Cl)c(C(=O)OCC)c1. The predicted octanol–water partition coefficient (Wildman–Crippen LogP) is 3.55. The first-order valence-electron chi connectivity index (χ1n) is 8.18. The molecule has 0 aliphatic carbocycles. The lowest BCUT2D eigenvalue weighted by molar-refractivity contribution is 0.0526. The first kappa shape index (κ1) is 18.5. The molecule has 0 saturated carbocycles. The van der Waals surface area contributed by atoms with E-state index in [0.29, 0.717) is 30.5 Å². The van der Waals surface area contributed by atoms with Crippen LogP contribution in [0.25, 0.3) is 0 Å². The molecule has 6 nitrogen and oxygen atoms in total. The first-order chi connectivity index (χ1) is 11.6. The van der Waals surface area contributed by atoms with Gasteiger partial charge in [0.15, 0.2) is 0 Å². The molecule has 1 atom stereocenters. The number of likely N-dealkylation sites (tertiary alicyclic amines) is 1. The molecule has 24 heavy (non-hydrogen) atoms. The van der Waals surface area contributed by atoms with Crippen LogP contribution in [0.2, 0.25) is 5.02 Å². The van der Waals surface area contributed by atoms with Gasteiger partial charge in [-0.1, -0.05) is 11.6 Å². The monoisotopic (exact) mass is 354 g/mol. The van der Waals surface area contributed by atoms with Gasteiger partial charge in [0.2, 0.25) is 0 Å². The number of anilines is 1. The van der Waals surface area contributed by atoms with Crippen molar-refractivity contribution in [3.63, 3.8) is 0 Å². The predicted molar refractivity (Wildman–Crippen MR) is 92.6 cm³/mol. The molecule has 2 amide bonds. The summed E-state index contributed by atoms with van der Waals surface area (Å²) in [4.78, 5) is 26.1. The highest BCUT2D eigenvalue weighted by Crippen LogP contribution is 2.23. The third-order valence-corrected chi connectivity index (χ3v) is 4.19. The van der Waals surface area contributed by atoms with Gasteiger partial charge < -0.3 is 19.7 Å². The zero-order valence-corrected chi connectivity index (χ0v) is 14.8. The lowest BCUT2D eigenvalue weighted by atomic mass is 10.2. The van der Waals surface area contributed by atoms with Crippen LogP contribution in [-0.2, 0) is 9.47 Å². The third kappa shape index (κ3) is 4.61. The number of carbonyl (C=O) groups excluding carboxylic acids is 2. The number of urea groups is 1. The number of benzene rings is 1. The number of halogens is 1. The van der Waals surface area contributed by atoms with Crippen LogP contribution >= 0.6 is 11.6 Å². The van der Waals surface area contributed by atoms with E-state index in [2.05, 4.69) is 5.32 Å². The number of carbonyl (C=O) groups is 2. The van der Waals surface area contributed by atoms with E-state index in [1.54, 1.807) is 24.0 Å². The number of ether oxygens (including phenoxy) is 2. The van der Waals surface area contributed by atoms with Gasteiger partial charge in [-0.25, -0.2) is 9.59 Å². The Balaban J connectivity index is 2.06. The van der Waals surface area contributed by atoms with Gasteiger partial charge in [-0.2, -0.15) is 0 Å². The van der Waals surface area contributed by atoms with Gasteiger partial charge in [-0.15, -0.1) is 0 Å². The zero-order valence-electron chi connectivity index (χ0n) is 14.0. The van der Waals surface area contributed by atoms with Crippen molar-refractivity contribution in [2.24, 2.45) is 0 Å². The Labute approximate surface area is 147 Å². The lowest BCUT2D eigenvalue weighted by Crippen LogP contribution is -2.41. The van der Waals surface area contributed by atoms with E-state index in [0.717, 1.165) is 12.8 Å². The van der Waals surface area contributed by atoms with Crippen LogP contribution in [0.4, 0.5) is 10.5 Å². The van der Waals surface area contributed by atoms with E-state index >= 15 is 0 Å². The molecule has 1 N–H and O–H groups in total. The fourth-order valence-electron chi connectivity index (χ4n) is 2.69. The molecular formula is C17H23ClN2O4. The van der Waals surface area contributed by atoms with Crippen molar-refractivity contribution in [1.29, 1.82) is 0 Å². The summed E-state index contributed by atoms with van der Waals surface area (Å²) in [6.45, 7) is 5.79. The van der Waals surface area contributed by atoms with E-state index in [1.165, 1.54) is 6.07 Å². The summed E-state index contributed by atoms with van der Waals surface area (Å²) in [5.74, 6) is -0.506. The first-order valence-corrected chi connectivity index (χ1v) is 8.56. The molecule has 1 saturated heterocycles. The molecule has 0 radical (unpaired) electrons. The summed E-state index contributed by atoms with van der Waals surface area (Å²) < 4.78 is 10.4. The largest absolute Gasteiger partial charge is 0.462 e. The van der Waals surface area contributed by atoms with Crippen molar-refractivity contribution < 1.29 is 19.1 Å². The van der Waals surface area contributed by atoms with Crippen LogP contribution in [0, 0.1) is 0 Å². The van der Waals surface area contributed by atoms with Crippen LogP contribution in [0.1, 0.15) is 37.0 Å². The molecule has 1 aromatic carbocycles. The fourth-order valence-corrected chi connectivity index (χ4v) is 2.89. The number of amides is 2. The fraction of sp³-hybridized carbons (Fsp3) is 0.529. The molecule has 1 heterocycles. The van der Waals surface area contributed by atoms with Gasteiger partial charge in [-0.3, -0.25) is 0 Å². The van der Waals surface area contributed by atoms with Crippen molar-refractivity contribution >= 4 is 29.3 Å². The van der Waals surface area contributed by atoms with E-state index in [9.17, 15) is 9.59 Å². The molecule has 0 bridgehead atoms. The van der Waals surface area contributed by atoms with Crippen LogP contribution in [0.3, 0.4) is 0 Å². The summed E-state index contributed by atoms with van der Waals surface area (Å²) in [5.41, 5.74) is 0.748. The van der Waals surface area contributed by atoms with Crippen molar-refractivity contribution in [1.82, 2.24) is 4.90 Å². The zero-order chi connectivity index (χ0) is 17.5. The summed E-state index contributed by atoms with van der Waals surface area (Å²) in [7, 11) is 0. The summed E-state index contributed by atoms with van der Waals surface area (Å²) in [5, 5.41) is 3.11. The Morgan fingerprint density at radius 3 is 2.83 bits per heavy atom. The molecule has 1 fully saturated rings. The number of esters is 1. The number of nitrogens with zero attached hydrogens (tertiary/aromatic N) is 1. The Morgan fingerprint density at radius 2 is 2.12 bits per heavy atom. The molecule has 132 valence electrons. The summed E-state index contributed by atoms with van der Waals surface area (Å²) in [6, 6.07) is 4.66. The minimum atomic E-state index is -0.506. The number of hydrogen-bond donors (Lipinski definition) is 1. The van der Waals surface area contributed by atoms with Crippen molar-refractivity contribution in [3.05, 3.63) is 28.8 Å². The molecule has 2 rings (SSSR count). The van der Waals surface area contributed by atoms with E-state index in [1.807, 2.05) is 6.92 Å². The number of hydrogen-bond acceptors (Lipinski definition) is 4. The summed E-state index contributed by atoms with van der Waals surface area (Å²) in [6.07, 6.45) is 1.89. The highest BCUT2D eigenvalue weighted by atomic mass is 35.5. The van der Waals surface area contributed by atoms with Gasteiger partial charge >= 0.3 is 12.0 Å². The smallest absolute Gasteiger partial charge is 0.339 e. The Bertz CT molecular complexity index is 594. The van der Waals surface area contributed by atoms with Crippen molar-refractivity contribution in [3.8, 4) is 0 Å². The van der Waals surface area contributed by atoms with E-state index in [-0.39, 0.29) is 24.2 Å². The van der Waals surface area contributed by atoms with Crippen molar-refractivity contribution in [2.45, 2.75) is 32.7 Å². The normalized spacial score (nSPS) is 17.0. The van der Waals surface area contributed by atoms with E-state index < -0.39 is 5.97 Å². The van der Waals surface area contributed by atoms with Gasteiger partial charge in [0, 0.05) is 18.8 Å². The van der Waals surface area contributed by atoms with Gasteiger partial charge in [0.05, 0.1) is 29.8 Å². The van der Waals surface area contributed by atoms with Gasteiger partial charge in [-0.05, 0) is 44.9 Å². The number of rotatable bonds is 6. The molecule has 1 aromatic rings. The highest BCUT2D eigenvalue weighted by molar-refractivity contribution is 6.33. The second-order valence-electron chi connectivity index (χ2n) is 5.49. The molecular weight excluding hydrogens is 332 g/mol. The molecule has 0 aromatic heterocycles. The van der Waals surface area contributed by atoms with Gasteiger partial charge in [0.1, 0.15) is 0 Å². The second kappa shape index (κ2) is 8.89. The molecule has 1 unspecified atom stereocenters. The van der Waals surface area contributed by atoms with Crippen LogP contribution < -0.4 is 5.32 Å². The summed E-state index contributed by atoms with van der Waals surface area (Å²) >= 11 is 6.03. The Hall–Kier alpha value is -1.79. The molecule has 7 heteroatoms. The topological polar surface area (TPSA) is 67.9 Å². The lowest BCUT2D eigenvalue weighted by Gasteiger charge is -2.24. The maximum atomic E-state index is 12.5. The average Bonchev–Trinajstić information content (AvgIpc) is 3.03. The minimum absolute atomic E-state index is 0.0850. The quantitative estimate of drug-likeness (QED) is 0.793. The Morgan fingerprint density at radius 1 is 1.33 bits per heavy atom. The van der Waals surface area contributed by atoms with Crippen LogP contribution in [0.15, 0.2) is 18.2 Å². The standard InChI is InChI=1S/C17H23ClN2O4/c1-3-23-11-13-6-5-9-20(13)17(22)19-12-7-8-15(18)14(10-12)16(21)24-4-2/h7-8,10,13H,3-6,9,11H2,1-2H3,(H,19,22). The maximum Gasteiger partial charge on any atom is 0.339 e. The molecule has 1 aliphatic rings. The maximum absolute atomic E-state index is 12.5.